The van der Waals surface area contributed by atoms with Gasteiger partial charge < -0.3 is 4.74 Å². The van der Waals surface area contributed by atoms with E-state index in [1.165, 1.54) is 25.1 Å². The topological polar surface area (TPSA) is 69.4 Å². The number of ketones is 1. The average molecular weight is 285 g/mol. The summed E-state index contributed by atoms with van der Waals surface area (Å²) in [5.74, 6) is -0.0325. The number of nitro benzene ring substituents is 1. The molecule has 0 heterocycles. The molecule has 2 rings (SSSR count). The van der Waals surface area contributed by atoms with Gasteiger partial charge in [-0.1, -0.05) is 30.3 Å². The van der Waals surface area contributed by atoms with Crippen LogP contribution in [0.1, 0.15) is 22.8 Å². The van der Waals surface area contributed by atoms with Gasteiger partial charge in [-0.25, -0.2) is 0 Å². The average Bonchev–Trinajstić information content (AvgIpc) is 2.48. The lowest BCUT2D eigenvalue weighted by molar-refractivity contribution is -0.385. The fraction of sp³-hybridized carbons (Fsp3) is 0.188. The van der Waals surface area contributed by atoms with Crippen molar-refractivity contribution in [3.63, 3.8) is 0 Å². The van der Waals surface area contributed by atoms with Gasteiger partial charge in [0.1, 0.15) is 0 Å². The summed E-state index contributed by atoms with van der Waals surface area (Å²) in [5, 5.41) is 11.0. The Kier molecular flexibility index (Phi) is 4.66. The van der Waals surface area contributed by atoms with E-state index in [0.717, 1.165) is 5.56 Å². The Hall–Kier alpha value is -2.69. The zero-order valence-corrected chi connectivity index (χ0v) is 11.6. The van der Waals surface area contributed by atoms with Crippen LogP contribution in [0.15, 0.2) is 48.5 Å². The molecule has 0 spiro atoms. The summed E-state index contributed by atoms with van der Waals surface area (Å²) in [6, 6.07) is 14.0. The lowest BCUT2D eigenvalue weighted by Gasteiger charge is -2.07. The van der Waals surface area contributed by atoms with E-state index >= 15 is 0 Å². The number of nitrogens with zero attached hydrogens (tertiary/aromatic N) is 1. The number of benzene rings is 2. The van der Waals surface area contributed by atoms with Gasteiger partial charge in [0.2, 0.25) is 0 Å². The normalized spacial score (nSPS) is 10.1. The molecule has 0 saturated heterocycles. The van der Waals surface area contributed by atoms with Crippen LogP contribution in [0.3, 0.4) is 0 Å². The number of Topliss-reactive ketones (excluding diaryl/α,β-unsaturated/α-hetero) is 1. The summed E-state index contributed by atoms with van der Waals surface area (Å²) >= 11 is 0. The molecule has 0 radical (unpaired) electrons. The Bertz CT molecular complexity index is 653. The number of hydrogen-bond acceptors (Lipinski definition) is 4. The highest BCUT2D eigenvalue weighted by atomic mass is 16.6. The second-order valence-electron chi connectivity index (χ2n) is 4.58. The molecule has 0 amide bonds. The van der Waals surface area contributed by atoms with Crippen LogP contribution in [0.4, 0.5) is 5.69 Å². The maximum absolute atomic E-state index is 11.3. The molecule has 0 fully saturated rings. The molecule has 2 aromatic carbocycles. The summed E-state index contributed by atoms with van der Waals surface area (Å²) in [4.78, 5) is 21.8. The summed E-state index contributed by atoms with van der Waals surface area (Å²) < 4.78 is 5.48. The molecule has 0 atom stereocenters. The highest BCUT2D eigenvalue weighted by molar-refractivity contribution is 5.95. The summed E-state index contributed by atoms with van der Waals surface area (Å²) in [6.07, 6.45) is 0.659. The molecule has 0 aliphatic heterocycles. The second-order valence-corrected chi connectivity index (χ2v) is 4.58. The van der Waals surface area contributed by atoms with Crippen molar-refractivity contribution in [3.8, 4) is 5.75 Å². The number of hydrogen-bond donors (Lipinski definition) is 0. The molecule has 0 aromatic heterocycles. The van der Waals surface area contributed by atoms with Crippen molar-refractivity contribution in [2.45, 2.75) is 13.3 Å². The highest BCUT2D eigenvalue weighted by Gasteiger charge is 2.17. The summed E-state index contributed by atoms with van der Waals surface area (Å²) in [6.45, 7) is 1.71. The van der Waals surface area contributed by atoms with Crippen LogP contribution in [-0.2, 0) is 6.42 Å². The first-order chi connectivity index (χ1) is 10.1. The van der Waals surface area contributed by atoms with Gasteiger partial charge in [-0.05, 0) is 24.6 Å². The lowest BCUT2D eigenvalue weighted by atomic mass is 10.1. The van der Waals surface area contributed by atoms with Crippen LogP contribution in [0.25, 0.3) is 0 Å². The van der Waals surface area contributed by atoms with E-state index in [0.29, 0.717) is 18.6 Å². The van der Waals surface area contributed by atoms with Gasteiger partial charge in [-0.2, -0.15) is 0 Å². The minimum absolute atomic E-state index is 0.181. The van der Waals surface area contributed by atoms with Crippen molar-refractivity contribution < 1.29 is 14.5 Å². The summed E-state index contributed by atoms with van der Waals surface area (Å²) in [7, 11) is 0. The maximum Gasteiger partial charge on any atom is 0.311 e. The molecule has 5 nitrogen and oxygen atoms in total. The third-order valence-corrected chi connectivity index (χ3v) is 3.05. The third-order valence-electron chi connectivity index (χ3n) is 3.05. The van der Waals surface area contributed by atoms with E-state index in [4.69, 9.17) is 4.74 Å². The molecule has 5 heteroatoms. The van der Waals surface area contributed by atoms with E-state index in [9.17, 15) is 14.9 Å². The standard InChI is InChI=1S/C16H15NO4/c1-12(18)14-7-8-16(15(11-14)17(19)20)21-10-9-13-5-3-2-4-6-13/h2-8,11H,9-10H2,1H3. The molecule has 0 unspecified atom stereocenters. The third kappa shape index (κ3) is 3.89. The predicted octanol–water partition coefficient (Wildman–Crippen LogP) is 3.42. The quantitative estimate of drug-likeness (QED) is 0.463. The molecule has 108 valence electrons. The lowest BCUT2D eigenvalue weighted by Crippen LogP contribution is -2.04. The van der Waals surface area contributed by atoms with E-state index in [-0.39, 0.29) is 17.2 Å². The monoisotopic (exact) mass is 285 g/mol. The highest BCUT2D eigenvalue weighted by Crippen LogP contribution is 2.28. The Morgan fingerprint density at radius 3 is 2.52 bits per heavy atom. The second kappa shape index (κ2) is 6.65. The Balaban J connectivity index is 2.09. The smallest absolute Gasteiger partial charge is 0.311 e. The number of rotatable bonds is 6. The zero-order chi connectivity index (χ0) is 15.2. The van der Waals surface area contributed by atoms with Crippen LogP contribution >= 0.6 is 0 Å². The van der Waals surface area contributed by atoms with Gasteiger partial charge in [0.05, 0.1) is 11.5 Å². The van der Waals surface area contributed by atoms with E-state index < -0.39 is 4.92 Å². The van der Waals surface area contributed by atoms with Crippen molar-refractivity contribution >= 4 is 11.5 Å². The first kappa shape index (κ1) is 14.7. The Morgan fingerprint density at radius 1 is 1.19 bits per heavy atom. The predicted molar refractivity (Wildman–Crippen MR) is 78.7 cm³/mol. The van der Waals surface area contributed by atoms with Crippen molar-refractivity contribution in [1.29, 1.82) is 0 Å². The molecule has 0 aliphatic carbocycles. The van der Waals surface area contributed by atoms with Gasteiger partial charge in [0.25, 0.3) is 0 Å². The van der Waals surface area contributed by atoms with Crippen molar-refractivity contribution in [1.82, 2.24) is 0 Å². The first-order valence-corrected chi connectivity index (χ1v) is 6.54. The van der Waals surface area contributed by atoms with E-state index in [1.807, 2.05) is 30.3 Å². The van der Waals surface area contributed by atoms with Gasteiger partial charge in [0, 0.05) is 18.1 Å². The van der Waals surface area contributed by atoms with Crippen molar-refractivity contribution in [2.75, 3.05) is 6.61 Å². The van der Waals surface area contributed by atoms with Gasteiger partial charge in [-0.3, -0.25) is 14.9 Å². The van der Waals surface area contributed by atoms with E-state index in [2.05, 4.69) is 0 Å². The maximum atomic E-state index is 11.3. The van der Waals surface area contributed by atoms with Gasteiger partial charge in [-0.15, -0.1) is 0 Å². The molecule has 0 aliphatic rings. The number of carbonyl (C=O) groups is 1. The van der Waals surface area contributed by atoms with Gasteiger partial charge in [0.15, 0.2) is 11.5 Å². The van der Waals surface area contributed by atoms with Crippen LogP contribution in [0.5, 0.6) is 5.75 Å². The Labute approximate surface area is 122 Å². The number of ether oxygens (including phenoxy) is 1. The largest absolute Gasteiger partial charge is 0.486 e. The Morgan fingerprint density at radius 2 is 1.90 bits per heavy atom. The fourth-order valence-corrected chi connectivity index (χ4v) is 1.92. The summed E-state index contributed by atoms with van der Waals surface area (Å²) in [5.41, 5.74) is 1.22. The number of nitro groups is 1. The first-order valence-electron chi connectivity index (χ1n) is 6.54. The number of carbonyl (C=O) groups excluding carboxylic acids is 1. The minimum Gasteiger partial charge on any atom is -0.486 e. The van der Waals surface area contributed by atoms with E-state index in [1.54, 1.807) is 0 Å². The fourth-order valence-electron chi connectivity index (χ4n) is 1.92. The van der Waals surface area contributed by atoms with Crippen LogP contribution in [-0.4, -0.2) is 17.3 Å². The van der Waals surface area contributed by atoms with Crippen molar-refractivity contribution in [2.24, 2.45) is 0 Å². The zero-order valence-electron chi connectivity index (χ0n) is 11.6. The van der Waals surface area contributed by atoms with Crippen LogP contribution < -0.4 is 4.74 Å². The molecule has 2 aromatic rings. The molecule has 0 N–H and O–H groups in total. The van der Waals surface area contributed by atoms with Crippen molar-refractivity contribution in [3.05, 3.63) is 69.8 Å². The van der Waals surface area contributed by atoms with Crippen LogP contribution in [0.2, 0.25) is 0 Å². The molecule has 21 heavy (non-hydrogen) atoms. The molecule has 0 bridgehead atoms. The molecular weight excluding hydrogens is 270 g/mol. The molecular formula is C16H15NO4. The molecule has 0 saturated carbocycles. The SMILES string of the molecule is CC(=O)c1ccc(OCCc2ccccc2)c([N+](=O)[O-])c1. The minimum atomic E-state index is -0.537. The van der Waals surface area contributed by atoms with Crippen LogP contribution in [0, 0.1) is 10.1 Å². The van der Waals surface area contributed by atoms with Gasteiger partial charge >= 0.3 is 5.69 Å².